The Bertz CT molecular complexity index is 2860. The quantitative estimate of drug-likeness (QED) is 0.178. The third-order valence-corrected chi connectivity index (χ3v) is 11.2. The minimum absolute atomic E-state index is 1.15. The smallest absolute Gasteiger partial charge is 0.0726 e. The van der Waals surface area contributed by atoms with E-state index in [4.69, 9.17) is 0 Å². The first-order chi connectivity index (χ1) is 24.8. The van der Waals surface area contributed by atoms with Crippen molar-refractivity contribution in [2.75, 3.05) is 0 Å². The standard InChI is InChI=1S/C48H31NS/c1-3-15-32(16-4-1)34-19-13-20-35(33-17-5-2-6-18-33)30-37(29-34)36-21-14-22-38(31-36)49-43-27-11-9-25-41(43)45-39-23-7-8-24-40(39)46-42-26-10-12-28-44(42)50-48(46)47(45)49/h1-31H/b19-13?,20-13?,34-19?,34-29+,35-20?,35-30?,37-29?,37-30+. The maximum atomic E-state index is 2.51. The first-order valence-corrected chi connectivity index (χ1v) is 17.9. The van der Waals surface area contributed by atoms with Crippen molar-refractivity contribution < 1.29 is 0 Å². The lowest BCUT2D eigenvalue weighted by Crippen LogP contribution is -1.96. The average molecular weight is 654 g/mol. The minimum Gasteiger partial charge on any atom is -0.308 e. The van der Waals surface area contributed by atoms with E-state index in [1.807, 2.05) is 11.3 Å². The molecule has 7 aromatic carbocycles. The molecule has 2 aromatic heterocycles. The zero-order valence-electron chi connectivity index (χ0n) is 27.3. The number of hydrogen-bond acceptors (Lipinski definition) is 1. The molecule has 1 aliphatic rings. The molecule has 10 rings (SSSR count). The summed E-state index contributed by atoms with van der Waals surface area (Å²) in [6.45, 7) is 0. The second kappa shape index (κ2) is 11.7. The maximum absolute atomic E-state index is 2.51. The Morgan fingerprint density at radius 3 is 1.82 bits per heavy atom. The van der Waals surface area contributed by atoms with Gasteiger partial charge in [-0.1, -0.05) is 152 Å². The summed E-state index contributed by atoms with van der Waals surface area (Å²) < 4.78 is 5.16. The van der Waals surface area contributed by atoms with E-state index in [1.54, 1.807) is 0 Å². The molecule has 50 heavy (non-hydrogen) atoms. The third-order valence-electron chi connectivity index (χ3n) is 9.98. The van der Waals surface area contributed by atoms with Crippen LogP contribution in [0.3, 0.4) is 0 Å². The van der Waals surface area contributed by atoms with Crippen LogP contribution in [0, 0.1) is 0 Å². The Kier molecular flexibility index (Phi) is 6.75. The highest BCUT2D eigenvalue weighted by Crippen LogP contribution is 2.48. The van der Waals surface area contributed by atoms with Crippen LogP contribution < -0.4 is 0 Å². The summed E-state index contributed by atoms with van der Waals surface area (Å²) in [6.07, 6.45) is 11.3. The molecule has 1 aliphatic carbocycles. The van der Waals surface area contributed by atoms with Gasteiger partial charge in [0.15, 0.2) is 0 Å². The Morgan fingerprint density at radius 2 is 1.04 bits per heavy atom. The van der Waals surface area contributed by atoms with Gasteiger partial charge < -0.3 is 4.57 Å². The molecule has 0 saturated carbocycles. The summed E-state index contributed by atoms with van der Waals surface area (Å²) in [5.41, 5.74) is 10.7. The number of rotatable bonds is 4. The van der Waals surface area contributed by atoms with Gasteiger partial charge in [-0.15, -0.1) is 11.3 Å². The van der Waals surface area contributed by atoms with Crippen LogP contribution in [0.5, 0.6) is 0 Å². The normalized spacial score (nSPS) is 15.6. The molecule has 0 radical (unpaired) electrons. The topological polar surface area (TPSA) is 4.93 Å². The number of thiophene rings is 1. The highest BCUT2D eigenvalue weighted by Gasteiger charge is 2.22. The minimum atomic E-state index is 1.15. The van der Waals surface area contributed by atoms with Crippen molar-refractivity contribution in [3.63, 3.8) is 0 Å². The number of para-hydroxylation sites is 1. The van der Waals surface area contributed by atoms with Gasteiger partial charge in [0.1, 0.15) is 0 Å². The molecule has 0 saturated heterocycles. The zero-order chi connectivity index (χ0) is 33.0. The number of fused-ring (bicyclic) bond motifs is 10. The first kappa shape index (κ1) is 28.8. The van der Waals surface area contributed by atoms with E-state index in [9.17, 15) is 0 Å². The Morgan fingerprint density at radius 1 is 0.440 bits per heavy atom. The second-order valence-corrected chi connectivity index (χ2v) is 13.9. The summed E-state index contributed by atoms with van der Waals surface area (Å²) in [7, 11) is 0. The van der Waals surface area contributed by atoms with E-state index in [1.165, 1.54) is 86.2 Å². The Labute approximate surface area is 294 Å². The molecule has 0 amide bonds. The van der Waals surface area contributed by atoms with E-state index >= 15 is 0 Å². The monoisotopic (exact) mass is 653 g/mol. The van der Waals surface area contributed by atoms with E-state index in [0.29, 0.717) is 0 Å². The molecule has 0 unspecified atom stereocenters. The average Bonchev–Trinajstić information content (AvgIpc) is 3.73. The van der Waals surface area contributed by atoms with Crippen molar-refractivity contribution >= 4 is 80.8 Å². The first-order valence-electron chi connectivity index (χ1n) is 17.1. The lowest BCUT2D eigenvalue weighted by Gasteiger charge is -2.15. The van der Waals surface area contributed by atoms with Gasteiger partial charge in [-0.05, 0) is 80.6 Å². The van der Waals surface area contributed by atoms with Crippen molar-refractivity contribution in [3.05, 3.63) is 205 Å². The van der Waals surface area contributed by atoms with Crippen LogP contribution in [-0.2, 0) is 0 Å². The van der Waals surface area contributed by atoms with E-state index in [2.05, 4.69) is 193 Å². The molecule has 0 atom stereocenters. The summed E-state index contributed by atoms with van der Waals surface area (Å²) >= 11 is 1.91. The zero-order valence-corrected chi connectivity index (χ0v) is 28.1. The molecular weight excluding hydrogens is 623 g/mol. The van der Waals surface area contributed by atoms with E-state index < -0.39 is 0 Å². The molecule has 9 aromatic rings. The summed E-state index contributed by atoms with van der Waals surface area (Å²) in [5.74, 6) is 0. The Hall–Kier alpha value is -6.22. The van der Waals surface area contributed by atoms with Crippen LogP contribution in [0.15, 0.2) is 188 Å². The number of nitrogens with zero attached hydrogens (tertiary/aromatic N) is 1. The highest BCUT2D eigenvalue weighted by atomic mass is 32.1. The van der Waals surface area contributed by atoms with Crippen molar-refractivity contribution in [1.82, 2.24) is 4.57 Å². The molecule has 1 nitrogen and oxygen atoms in total. The predicted molar refractivity (Wildman–Crippen MR) is 217 cm³/mol. The van der Waals surface area contributed by atoms with Crippen molar-refractivity contribution in [2.24, 2.45) is 0 Å². The van der Waals surface area contributed by atoms with Gasteiger partial charge in [0, 0.05) is 31.9 Å². The van der Waals surface area contributed by atoms with E-state index in [0.717, 1.165) is 5.69 Å². The van der Waals surface area contributed by atoms with Gasteiger partial charge in [-0.3, -0.25) is 0 Å². The molecule has 0 spiro atoms. The van der Waals surface area contributed by atoms with Crippen LogP contribution >= 0.6 is 11.3 Å². The van der Waals surface area contributed by atoms with Crippen molar-refractivity contribution in [2.45, 2.75) is 0 Å². The van der Waals surface area contributed by atoms with Crippen LogP contribution in [0.25, 0.3) is 75.2 Å². The predicted octanol–water partition coefficient (Wildman–Crippen LogP) is 13.4. The van der Waals surface area contributed by atoms with Crippen LogP contribution in [0.2, 0.25) is 0 Å². The maximum Gasteiger partial charge on any atom is 0.0726 e. The van der Waals surface area contributed by atoms with Gasteiger partial charge in [-0.2, -0.15) is 0 Å². The summed E-state index contributed by atoms with van der Waals surface area (Å²) in [5, 5.41) is 7.87. The second-order valence-electron chi connectivity index (χ2n) is 12.9. The number of allylic oxidation sites excluding steroid dienone is 8. The molecule has 2 heteroatoms. The molecule has 234 valence electrons. The fourth-order valence-corrected chi connectivity index (χ4v) is 8.99. The summed E-state index contributed by atoms with van der Waals surface area (Å²) in [6, 6.07) is 57.2. The molecule has 0 N–H and O–H groups in total. The van der Waals surface area contributed by atoms with Crippen LogP contribution in [0.4, 0.5) is 0 Å². The van der Waals surface area contributed by atoms with Gasteiger partial charge >= 0.3 is 0 Å². The van der Waals surface area contributed by atoms with Crippen LogP contribution in [0.1, 0.15) is 16.7 Å². The van der Waals surface area contributed by atoms with Crippen LogP contribution in [-0.4, -0.2) is 4.57 Å². The van der Waals surface area contributed by atoms with Crippen molar-refractivity contribution in [1.29, 1.82) is 0 Å². The number of hydrogen-bond donors (Lipinski definition) is 0. The SMILES string of the molecule is C1=C/C(c2ccccc2)=C\C(c2cccc(-n3c4ccccc4c4c5ccccc5c5c6ccccc6sc5c43)c2)=C/C(c2ccccc2)=C1. The van der Waals surface area contributed by atoms with Crippen molar-refractivity contribution in [3.8, 4) is 5.69 Å². The molecule has 0 fully saturated rings. The molecule has 2 heterocycles. The fraction of sp³-hybridized carbons (Fsp3) is 0. The molecular formula is C48H31NS. The highest BCUT2D eigenvalue weighted by molar-refractivity contribution is 7.27. The largest absolute Gasteiger partial charge is 0.308 e. The van der Waals surface area contributed by atoms with Gasteiger partial charge in [0.05, 0.1) is 15.7 Å². The molecule has 0 aliphatic heterocycles. The lowest BCUT2D eigenvalue weighted by atomic mass is 9.93. The third kappa shape index (κ3) is 4.61. The summed E-state index contributed by atoms with van der Waals surface area (Å²) in [4.78, 5) is 0. The van der Waals surface area contributed by atoms with E-state index in [-0.39, 0.29) is 0 Å². The fourth-order valence-electron chi connectivity index (χ4n) is 7.73. The van der Waals surface area contributed by atoms with Gasteiger partial charge in [0.2, 0.25) is 0 Å². The molecule has 0 bridgehead atoms. The number of aromatic nitrogens is 1. The number of benzene rings is 7. The Balaban J connectivity index is 1.26. The lowest BCUT2D eigenvalue weighted by molar-refractivity contribution is 1.19. The van der Waals surface area contributed by atoms with Gasteiger partial charge in [0.25, 0.3) is 0 Å². The van der Waals surface area contributed by atoms with Gasteiger partial charge in [-0.25, -0.2) is 0 Å².